The van der Waals surface area contributed by atoms with Crippen molar-refractivity contribution in [2.45, 2.75) is 19.3 Å². The Labute approximate surface area is 136 Å². The first-order valence-corrected chi connectivity index (χ1v) is 7.97. The van der Waals surface area contributed by atoms with Gasteiger partial charge in [-0.05, 0) is 29.9 Å². The molecule has 0 spiro atoms. The fourth-order valence-electron chi connectivity index (χ4n) is 3.73. The molecule has 2 aromatic rings. The molecule has 120 valence electrons. The van der Waals surface area contributed by atoms with Gasteiger partial charge < -0.3 is 11.1 Å². The highest BCUT2D eigenvalue weighted by Crippen LogP contribution is 2.34. The molecule has 1 aliphatic rings. The first-order chi connectivity index (χ1) is 11.1. The van der Waals surface area contributed by atoms with Gasteiger partial charge in [-0.1, -0.05) is 25.1 Å². The highest BCUT2D eigenvalue weighted by atomic mass is 16.1. The predicted molar refractivity (Wildman–Crippen MR) is 91.8 cm³/mol. The maximum Gasteiger partial charge on any atom is 0.231 e. The van der Waals surface area contributed by atoms with Crippen LogP contribution in [0.1, 0.15) is 30.4 Å². The van der Waals surface area contributed by atoms with Crippen LogP contribution >= 0.6 is 0 Å². The monoisotopic (exact) mass is 310 g/mol. The Bertz CT molecular complexity index is 743. The lowest BCUT2D eigenvalue weighted by molar-refractivity contribution is -0.119. The van der Waals surface area contributed by atoms with Gasteiger partial charge in [0.05, 0.1) is 12.1 Å². The molecular weight excluding hydrogens is 288 g/mol. The zero-order valence-electron chi connectivity index (χ0n) is 13.3. The van der Waals surface area contributed by atoms with Crippen LogP contribution in [-0.2, 0) is 4.79 Å². The van der Waals surface area contributed by atoms with Crippen molar-refractivity contribution in [1.29, 1.82) is 5.41 Å². The van der Waals surface area contributed by atoms with Crippen molar-refractivity contribution < 1.29 is 4.79 Å². The molecule has 5 heteroatoms. The Kier molecular flexibility index (Phi) is 4.39. The van der Waals surface area contributed by atoms with Crippen molar-refractivity contribution in [2.24, 2.45) is 11.7 Å². The van der Waals surface area contributed by atoms with Gasteiger partial charge in [0, 0.05) is 36.5 Å². The van der Waals surface area contributed by atoms with Gasteiger partial charge in [0.25, 0.3) is 0 Å². The van der Waals surface area contributed by atoms with Crippen molar-refractivity contribution in [3.05, 3.63) is 41.6 Å². The number of aromatic nitrogens is 1. The molecule has 1 amide bonds. The van der Waals surface area contributed by atoms with Gasteiger partial charge in [-0.15, -0.1) is 0 Å². The fraction of sp³-hybridized carbons (Fsp3) is 0.389. The summed E-state index contributed by atoms with van der Waals surface area (Å²) in [5.74, 6) is 0.593. The number of nitrogens with one attached hydrogen (secondary N) is 1. The number of pyridine rings is 1. The van der Waals surface area contributed by atoms with E-state index in [2.05, 4.69) is 28.9 Å². The summed E-state index contributed by atoms with van der Waals surface area (Å²) >= 11 is 0. The molecule has 2 atom stereocenters. The number of carbonyl (C=O) groups excluding carboxylic acids is 1. The molecular formula is C18H22N4O. The Morgan fingerprint density at radius 1 is 1.43 bits per heavy atom. The first kappa shape index (κ1) is 15.6. The molecule has 1 aromatic carbocycles. The summed E-state index contributed by atoms with van der Waals surface area (Å²) in [4.78, 5) is 17.9. The quantitative estimate of drug-likeness (QED) is 0.849. The number of fused-ring (bicyclic) bond motifs is 1. The van der Waals surface area contributed by atoms with Crippen molar-refractivity contribution in [1.82, 2.24) is 9.88 Å². The standard InChI is InChI=1S/C18H22N4O/c1-12-7-14(10-22(9-12)11-17(20)23)15-5-4-13(8-19)18-16(15)3-2-6-21-18/h2-6,8,12,14,19H,7,9-11H2,1H3,(H2,20,23)/t12-,14+/m1/s1. The third-order valence-corrected chi connectivity index (χ3v) is 4.54. The van der Waals surface area contributed by atoms with Crippen molar-refractivity contribution in [2.75, 3.05) is 19.6 Å². The van der Waals surface area contributed by atoms with Crippen LogP contribution in [0.25, 0.3) is 10.9 Å². The van der Waals surface area contributed by atoms with E-state index in [1.54, 1.807) is 6.20 Å². The van der Waals surface area contributed by atoms with E-state index in [-0.39, 0.29) is 5.91 Å². The molecule has 2 heterocycles. The third-order valence-electron chi connectivity index (χ3n) is 4.54. The maximum atomic E-state index is 11.3. The summed E-state index contributed by atoms with van der Waals surface area (Å²) in [5, 5.41) is 8.66. The van der Waals surface area contributed by atoms with Crippen LogP contribution in [0.15, 0.2) is 30.5 Å². The average molecular weight is 310 g/mol. The minimum Gasteiger partial charge on any atom is -0.369 e. The number of rotatable bonds is 4. The van der Waals surface area contributed by atoms with Crippen molar-refractivity contribution >= 4 is 23.0 Å². The molecule has 5 nitrogen and oxygen atoms in total. The van der Waals surface area contributed by atoms with Crippen LogP contribution in [0.2, 0.25) is 0 Å². The second kappa shape index (κ2) is 6.46. The number of carbonyl (C=O) groups is 1. The van der Waals surface area contributed by atoms with E-state index in [1.807, 2.05) is 12.1 Å². The molecule has 1 fully saturated rings. The van der Waals surface area contributed by atoms with Crippen molar-refractivity contribution in [3.8, 4) is 0 Å². The molecule has 1 aliphatic heterocycles. The van der Waals surface area contributed by atoms with E-state index in [4.69, 9.17) is 11.1 Å². The Morgan fingerprint density at radius 3 is 3.00 bits per heavy atom. The summed E-state index contributed by atoms with van der Waals surface area (Å²) in [7, 11) is 0. The van der Waals surface area contributed by atoms with Gasteiger partial charge in [-0.25, -0.2) is 0 Å². The van der Waals surface area contributed by atoms with Crippen molar-refractivity contribution in [3.63, 3.8) is 0 Å². The normalized spacial score (nSPS) is 22.1. The number of primary amides is 1. The summed E-state index contributed by atoms with van der Waals surface area (Å²) in [6, 6.07) is 8.08. The fourth-order valence-corrected chi connectivity index (χ4v) is 3.73. The molecule has 1 saturated heterocycles. The van der Waals surface area contributed by atoms with E-state index in [0.29, 0.717) is 18.4 Å². The lowest BCUT2D eigenvalue weighted by atomic mass is 9.83. The van der Waals surface area contributed by atoms with Gasteiger partial charge in [-0.3, -0.25) is 14.7 Å². The van der Waals surface area contributed by atoms with E-state index < -0.39 is 0 Å². The van der Waals surface area contributed by atoms with E-state index >= 15 is 0 Å². The molecule has 23 heavy (non-hydrogen) atoms. The van der Waals surface area contributed by atoms with Crippen LogP contribution in [-0.4, -0.2) is 41.6 Å². The van der Waals surface area contributed by atoms with Gasteiger partial charge in [0.1, 0.15) is 0 Å². The Balaban J connectivity index is 1.99. The van der Waals surface area contributed by atoms with Crippen LogP contribution in [0.5, 0.6) is 0 Å². The van der Waals surface area contributed by atoms with Crippen LogP contribution in [0, 0.1) is 11.3 Å². The molecule has 3 N–H and O–H groups in total. The highest BCUT2D eigenvalue weighted by molar-refractivity contribution is 5.98. The Hall–Kier alpha value is -2.27. The number of nitrogens with two attached hydrogens (primary N) is 1. The minimum absolute atomic E-state index is 0.275. The van der Waals surface area contributed by atoms with E-state index in [1.165, 1.54) is 11.8 Å². The number of hydrogen-bond donors (Lipinski definition) is 2. The summed E-state index contributed by atoms with van der Waals surface area (Å²) < 4.78 is 0. The second-order valence-corrected chi connectivity index (χ2v) is 6.49. The minimum atomic E-state index is -0.275. The van der Waals surface area contributed by atoms with Gasteiger partial charge >= 0.3 is 0 Å². The molecule has 1 aromatic heterocycles. The number of piperidine rings is 1. The second-order valence-electron chi connectivity index (χ2n) is 6.49. The topological polar surface area (TPSA) is 83.1 Å². The molecule has 0 aliphatic carbocycles. The highest BCUT2D eigenvalue weighted by Gasteiger charge is 2.27. The van der Waals surface area contributed by atoms with Crippen LogP contribution in [0.4, 0.5) is 0 Å². The molecule has 0 radical (unpaired) electrons. The van der Waals surface area contributed by atoms with Gasteiger partial charge in [-0.2, -0.15) is 0 Å². The predicted octanol–water partition coefficient (Wildman–Crippen LogP) is 2.14. The summed E-state index contributed by atoms with van der Waals surface area (Å²) in [6.07, 6.45) is 4.20. The zero-order valence-corrected chi connectivity index (χ0v) is 13.3. The largest absolute Gasteiger partial charge is 0.369 e. The van der Waals surface area contributed by atoms with Crippen LogP contribution < -0.4 is 5.73 Å². The molecule has 3 rings (SSSR count). The number of benzene rings is 1. The molecule has 0 saturated carbocycles. The summed E-state index contributed by atoms with van der Waals surface area (Å²) in [6.45, 7) is 4.28. The zero-order chi connectivity index (χ0) is 16.4. The van der Waals surface area contributed by atoms with E-state index in [9.17, 15) is 4.79 Å². The van der Waals surface area contributed by atoms with Gasteiger partial charge in [0.2, 0.25) is 5.91 Å². The van der Waals surface area contributed by atoms with Gasteiger partial charge in [0.15, 0.2) is 0 Å². The number of hydrogen-bond acceptors (Lipinski definition) is 4. The molecule has 0 unspecified atom stereocenters. The lowest BCUT2D eigenvalue weighted by Gasteiger charge is -2.36. The average Bonchev–Trinajstić information content (AvgIpc) is 2.52. The molecule has 0 bridgehead atoms. The third kappa shape index (κ3) is 3.24. The number of amides is 1. The Morgan fingerprint density at radius 2 is 2.26 bits per heavy atom. The van der Waals surface area contributed by atoms with Crippen LogP contribution in [0.3, 0.4) is 0 Å². The first-order valence-electron chi connectivity index (χ1n) is 7.97. The SMILES string of the molecule is C[C@@H]1C[C@H](c2ccc(C=N)c3ncccc23)CN(CC(N)=O)C1. The summed E-state index contributed by atoms with van der Waals surface area (Å²) in [5.41, 5.74) is 8.33. The maximum absolute atomic E-state index is 11.3. The number of likely N-dealkylation sites (tertiary alicyclic amines) is 1. The number of nitrogens with zero attached hydrogens (tertiary/aromatic N) is 2. The smallest absolute Gasteiger partial charge is 0.231 e. The lowest BCUT2D eigenvalue weighted by Crippen LogP contribution is -2.43. The van der Waals surface area contributed by atoms with E-state index in [0.717, 1.165) is 36.0 Å².